The van der Waals surface area contributed by atoms with Gasteiger partial charge in [-0.25, -0.2) is 8.78 Å². The third kappa shape index (κ3) is 3.71. The second kappa shape index (κ2) is 7.31. The molecule has 1 atom stereocenters. The van der Waals surface area contributed by atoms with Gasteiger partial charge >= 0.3 is 0 Å². The highest BCUT2D eigenvalue weighted by atomic mass is 32.1. The fourth-order valence-corrected chi connectivity index (χ4v) is 3.70. The summed E-state index contributed by atoms with van der Waals surface area (Å²) < 4.78 is 27.5. The van der Waals surface area contributed by atoms with E-state index in [-0.39, 0.29) is 30.5 Å². The summed E-state index contributed by atoms with van der Waals surface area (Å²) in [5.41, 5.74) is 0.0298. The summed E-state index contributed by atoms with van der Waals surface area (Å²) in [5, 5.41) is 1.87. The molecule has 1 aliphatic rings. The van der Waals surface area contributed by atoms with E-state index in [0.717, 1.165) is 17.0 Å². The van der Waals surface area contributed by atoms with Crippen LogP contribution in [0.2, 0.25) is 0 Å². The van der Waals surface area contributed by atoms with Crippen molar-refractivity contribution in [2.45, 2.75) is 19.9 Å². The predicted molar refractivity (Wildman–Crippen MR) is 92.2 cm³/mol. The molecule has 1 aliphatic heterocycles. The smallest absolute Gasteiger partial charge is 0.232 e. The van der Waals surface area contributed by atoms with Crippen LogP contribution < -0.4 is 4.90 Å². The summed E-state index contributed by atoms with van der Waals surface area (Å²) in [6.45, 7) is 2.92. The number of benzene rings is 1. The molecular formula is C18H18F2N2O2S. The average molecular weight is 364 g/mol. The Bertz CT molecular complexity index is 779. The Labute approximate surface area is 148 Å². The first-order valence-electron chi connectivity index (χ1n) is 8.06. The monoisotopic (exact) mass is 364 g/mol. The number of likely N-dealkylation sites (tertiary alicyclic amines) is 1. The Morgan fingerprint density at radius 1 is 1.36 bits per heavy atom. The van der Waals surface area contributed by atoms with Crippen LogP contribution in [0.1, 0.15) is 18.2 Å². The number of thiophene rings is 1. The minimum absolute atomic E-state index is 0.0298. The van der Waals surface area contributed by atoms with Crippen molar-refractivity contribution in [2.24, 2.45) is 5.92 Å². The third-order valence-electron chi connectivity index (χ3n) is 4.31. The van der Waals surface area contributed by atoms with Gasteiger partial charge in [0.25, 0.3) is 0 Å². The van der Waals surface area contributed by atoms with Crippen molar-refractivity contribution >= 4 is 28.8 Å². The van der Waals surface area contributed by atoms with Crippen LogP contribution in [0.15, 0.2) is 35.7 Å². The zero-order valence-electron chi connectivity index (χ0n) is 13.7. The van der Waals surface area contributed by atoms with E-state index in [9.17, 15) is 18.4 Å². The van der Waals surface area contributed by atoms with Gasteiger partial charge in [-0.05, 0) is 30.5 Å². The maximum atomic E-state index is 14.3. The molecule has 1 fully saturated rings. The minimum Gasteiger partial charge on any atom is -0.342 e. The van der Waals surface area contributed by atoms with Crippen LogP contribution in [0.25, 0.3) is 0 Å². The predicted octanol–water partition coefficient (Wildman–Crippen LogP) is 3.43. The number of nitrogens with zero attached hydrogens (tertiary/aromatic N) is 2. The van der Waals surface area contributed by atoms with Crippen LogP contribution in [0.4, 0.5) is 14.5 Å². The van der Waals surface area contributed by atoms with Gasteiger partial charge < -0.3 is 9.80 Å². The van der Waals surface area contributed by atoms with Gasteiger partial charge in [-0.3, -0.25) is 9.59 Å². The van der Waals surface area contributed by atoms with E-state index in [1.54, 1.807) is 4.90 Å². The number of hydrogen-bond donors (Lipinski definition) is 0. The van der Waals surface area contributed by atoms with E-state index in [4.69, 9.17) is 0 Å². The van der Waals surface area contributed by atoms with Crippen LogP contribution in [0, 0.1) is 17.6 Å². The number of hydrogen-bond acceptors (Lipinski definition) is 3. The van der Waals surface area contributed by atoms with Gasteiger partial charge in [0.15, 0.2) is 0 Å². The van der Waals surface area contributed by atoms with E-state index < -0.39 is 17.6 Å². The van der Waals surface area contributed by atoms with Crippen LogP contribution >= 0.6 is 11.3 Å². The van der Waals surface area contributed by atoms with Gasteiger partial charge in [0, 0.05) is 30.5 Å². The molecule has 1 aromatic heterocycles. The van der Waals surface area contributed by atoms with Gasteiger partial charge in [-0.1, -0.05) is 6.07 Å². The molecule has 2 aromatic rings. The maximum Gasteiger partial charge on any atom is 0.232 e. The van der Waals surface area contributed by atoms with Crippen LogP contribution in [-0.2, 0) is 16.1 Å². The second-order valence-corrected chi connectivity index (χ2v) is 6.97. The highest BCUT2D eigenvalue weighted by molar-refractivity contribution is 7.09. The Hall–Kier alpha value is -2.28. The molecular weight excluding hydrogens is 346 g/mol. The van der Waals surface area contributed by atoms with E-state index in [2.05, 4.69) is 0 Å². The van der Waals surface area contributed by atoms with Crippen molar-refractivity contribution in [2.75, 3.05) is 18.0 Å². The molecule has 1 aromatic carbocycles. The number of anilines is 1. The lowest BCUT2D eigenvalue weighted by molar-refractivity contribution is -0.128. The number of amides is 2. The summed E-state index contributed by atoms with van der Waals surface area (Å²) in [4.78, 5) is 28.8. The Morgan fingerprint density at radius 3 is 2.76 bits per heavy atom. The van der Waals surface area contributed by atoms with Crippen molar-refractivity contribution in [3.63, 3.8) is 0 Å². The number of carbonyl (C=O) groups excluding carboxylic acids is 2. The van der Waals surface area contributed by atoms with E-state index in [1.807, 2.05) is 24.4 Å². The molecule has 0 saturated carbocycles. The van der Waals surface area contributed by atoms with Crippen molar-refractivity contribution in [3.05, 3.63) is 52.2 Å². The van der Waals surface area contributed by atoms with Crippen molar-refractivity contribution in [1.29, 1.82) is 0 Å². The largest absolute Gasteiger partial charge is 0.342 e. The van der Waals surface area contributed by atoms with E-state index in [0.29, 0.717) is 13.1 Å². The average Bonchev–Trinajstić information content (AvgIpc) is 3.22. The molecule has 25 heavy (non-hydrogen) atoms. The number of carbonyl (C=O) groups is 2. The molecule has 0 bridgehead atoms. The highest BCUT2D eigenvalue weighted by Gasteiger charge is 2.37. The lowest BCUT2D eigenvalue weighted by Crippen LogP contribution is -2.37. The molecule has 0 N–H and O–H groups in total. The van der Waals surface area contributed by atoms with Gasteiger partial charge in [-0.2, -0.15) is 0 Å². The molecule has 1 saturated heterocycles. The van der Waals surface area contributed by atoms with Gasteiger partial charge in [0.2, 0.25) is 11.8 Å². The number of halogens is 2. The fraction of sp³-hybridized carbons (Fsp3) is 0.333. The zero-order valence-corrected chi connectivity index (χ0v) is 14.6. The first-order valence-corrected chi connectivity index (χ1v) is 8.94. The van der Waals surface area contributed by atoms with E-state index in [1.165, 1.54) is 22.3 Å². The summed E-state index contributed by atoms with van der Waals surface area (Å²) in [7, 11) is 0. The Kier molecular flexibility index (Phi) is 5.13. The minimum atomic E-state index is -0.790. The molecule has 4 nitrogen and oxygen atoms in total. The molecule has 2 heterocycles. The van der Waals surface area contributed by atoms with Gasteiger partial charge in [0.1, 0.15) is 11.6 Å². The van der Waals surface area contributed by atoms with Gasteiger partial charge in [-0.15, -0.1) is 11.3 Å². The van der Waals surface area contributed by atoms with E-state index >= 15 is 0 Å². The lowest BCUT2D eigenvalue weighted by atomic mass is 10.1. The molecule has 7 heteroatoms. The fourth-order valence-electron chi connectivity index (χ4n) is 3.00. The zero-order chi connectivity index (χ0) is 18.0. The third-order valence-corrected chi connectivity index (χ3v) is 5.17. The first-order chi connectivity index (χ1) is 12.0. The summed E-state index contributed by atoms with van der Waals surface area (Å²) in [6, 6.07) is 6.87. The first kappa shape index (κ1) is 17.5. The van der Waals surface area contributed by atoms with Crippen molar-refractivity contribution < 1.29 is 18.4 Å². The Morgan fingerprint density at radius 2 is 2.16 bits per heavy atom. The van der Waals surface area contributed by atoms with Crippen LogP contribution in [0.5, 0.6) is 0 Å². The van der Waals surface area contributed by atoms with Crippen LogP contribution in [-0.4, -0.2) is 29.8 Å². The van der Waals surface area contributed by atoms with Crippen LogP contribution in [0.3, 0.4) is 0 Å². The maximum absolute atomic E-state index is 14.3. The normalized spacial score (nSPS) is 17.2. The highest BCUT2D eigenvalue weighted by Crippen LogP contribution is 2.28. The molecule has 0 aliphatic carbocycles. The standard InChI is InChI=1S/C18H18F2N2O2S/c1-2-21-10-12(8-17(21)23)18(24)22(11-14-4-3-7-25-14)16-6-5-13(19)9-15(16)20/h3-7,9,12H,2,8,10-11H2,1H3/t12-/m0/s1. The second-order valence-electron chi connectivity index (χ2n) is 5.93. The topological polar surface area (TPSA) is 40.6 Å². The molecule has 0 unspecified atom stereocenters. The van der Waals surface area contributed by atoms with Crippen molar-refractivity contribution in [3.8, 4) is 0 Å². The molecule has 0 radical (unpaired) electrons. The lowest BCUT2D eigenvalue weighted by Gasteiger charge is -2.25. The molecule has 132 valence electrons. The molecule has 0 spiro atoms. The molecule has 2 amide bonds. The quantitative estimate of drug-likeness (QED) is 0.816. The Balaban J connectivity index is 1.91. The summed E-state index contributed by atoms with van der Waals surface area (Å²) in [5.74, 6) is -2.39. The summed E-state index contributed by atoms with van der Waals surface area (Å²) in [6.07, 6.45) is 0.121. The summed E-state index contributed by atoms with van der Waals surface area (Å²) >= 11 is 1.45. The molecule has 3 rings (SSSR count). The number of rotatable bonds is 5. The van der Waals surface area contributed by atoms with Crippen molar-refractivity contribution in [1.82, 2.24) is 4.90 Å². The SMILES string of the molecule is CCN1C[C@@H](C(=O)N(Cc2cccs2)c2ccc(F)cc2F)CC1=O. The van der Waals surface area contributed by atoms with Gasteiger partial charge in [0.05, 0.1) is 18.2 Å².